The number of carbonyl (C=O) groups is 1. The Morgan fingerprint density at radius 2 is 2.17 bits per heavy atom. The summed E-state index contributed by atoms with van der Waals surface area (Å²) in [4.78, 5) is 11.5. The molecular weight excluding hydrogens is 152 g/mol. The van der Waals surface area contributed by atoms with Crippen molar-refractivity contribution in [2.45, 2.75) is 20.3 Å². The predicted octanol–water partition coefficient (Wildman–Crippen LogP) is 2.07. The van der Waals surface area contributed by atoms with E-state index in [4.69, 9.17) is 4.74 Å². The summed E-state index contributed by atoms with van der Waals surface area (Å²) in [6, 6.07) is 0. The van der Waals surface area contributed by atoms with Crippen molar-refractivity contribution in [2.75, 3.05) is 7.11 Å². The molecule has 0 heterocycles. The normalized spacial score (nSPS) is 22.1. The van der Waals surface area contributed by atoms with E-state index in [1.54, 1.807) is 0 Å². The molecule has 0 aromatic carbocycles. The van der Waals surface area contributed by atoms with Gasteiger partial charge in [-0.3, -0.25) is 4.79 Å². The van der Waals surface area contributed by atoms with E-state index in [0.717, 1.165) is 6.42 Å². The number of ketones is 1. The molecular formula is C10H14O2. The van der Waals surface area contributed by atoms with Crippen molar-refractivity contribution in [1.29, 1.82) is 0 Å². The SMILES string of the molecule is C=C1C(=O)C(OC)=CCC1(C)C. The lowest BCUT2D eigenvalue weighted by molar-refractivity contribution is -0.116. The number of rotatable bonds is 1. The van der Waals surface area contributed by atoms with Gasteiger partial charge in [-0.05, 0) is 17.9 Å². The molecule has 0 atom stereocenters. The van der Waals surface area contributed by atoms with Crippen LogP contribution in [-0.4, -0.2) is 12.9 Å². The molecule has 0 unspecified atom stereocenters. The molecule has 1 aliphatic carbocycles. The standard InChI is InChI=1S/C10H14O2/c1-7-9(11)8(12-4)5-6-10(7,2)3/h5H,1,6H2,2-4H3. The molecule has 1 aliphatic rings. The first-order valence-corrected chi connectivity index (χ1v) is 3.97. The monoisotopic (exact) mass is 166 g/mol. The minimum Gasteiger partial charge on any atom is -0.493 e. The van der Waals surface area contributed by atoms with Crippen molar-refractivity contribution in [1.82, 2.24) is 0 Å². The molecule has 0 spiro atoms. The first-order valence-electron chi connectivity index (χ1n) is 3.97. The third-order valence-corrected chi connectivity index (χ3v) is 2.33. The average Bonchev–Trinajstić information content (AvgIpc) is 2.01. The smallest absolute Gasteiger partial charge is 0.223 e. The Balaban J connectivity index is 3.00. The molecule has 12 heavy (non-hydrogen) atoms. The molecule has 0 aromatic rings. The largest absolute Gasteiger partial charge is 0.493 e. The molecule has 0 fully saturated rings. The minimum atomic E-state index is -0.112. The Bertz CT molecular complexity index is 259. The third kappa shape index (κ3) is 1.29. The average molecular weight is 166 g/mol. The Morgan fingerprint density at radius 1 is 1.58 bits per heavy atom. The predicted molar refractivity (Wildman–Crippen MR) is 47.6 cm³/mol. The van der Waals surface area contributed by atoms with Crippen LogP contribution in [0.4, 0.5) is 0 Å². The van der Waals surface area contributed by atoms with E-state index >= 15 is 0 Å². The molecule has 0 bridgehead atoms. The molecule has 2 heteroatoms. The molecule has 0 N–H and O–H groups in total. The van der Waals surface area contributed by atoms with Gasteiger partial charge < -0.3 is 4.74 Å². The van der Waals surface area contributed by atoms with Gasteiger partial charge in [0.15, 0.2) is 5.76 Å². The van der Waals surface area contributed by atoms with Crippen molar-refractivity contribution in [3.63, 3.8) is 0 Å². The van der Waals surface area contributed by atoms with Crippen LogP contribution >= 0.6 is 0 Å². The minimum absolute atomic E-state index is 0.0613. The zero-order valence-corrected chi connectivity index (χ0v) is 7.81. The number of ether oxygens (including phenoxy) is 1. The van der Waals surface area contributed by atoms with Gasteiger partial charge in [0.1, 0.15) is 0 Å². The van der Waals surface area contributed by atoms with Crippen LogP contribution in [0.3, 0.4) is 0 Å². The zero-order chi connectivity index (χ0) is 9.35. The Kier molecular flexibility index (Phi) is 2.09. The highest BCUT2D eigenvalue weighted by Crippen LogP contribution is 2.35. The Morgan fingerprint density at radius 3 is 2.67 bits per heavy atom. The van der Waals surface area contributed by atoms with Crippen LogP contribution in [0.15, 0.2) is 24.0 Å². The van der Waals surface area contributed by atoms with E-state index in [2.05, 4.69) is 6.58 Å². The van der Waals surface area contributed by atoms with Gasteiger partial charge in [-0.15, -0.1) is 0 Å². The van der Waals surface area contributed by atoms with Crippen LogP contribution in [0.25, 0.3) is 0 Å². The van der Waals surface area contributed by atoms with Crippen LogP contribution in [0.2, 0.25) is 0 Å². The Labute approximate surface area is 72.9 Å². The van der Waals surface area contributed by atoms with Gasteiger partial charge in [0, 0.05) is 5.57 Å². The van der Waals surface area contributed by atoms with Crippen LogP contribution in [0.1, 0.15) is 20.3 Å². The van der Waals surface area contributed by atoms with Crippen molar-refractivity contribution in [2.24, 2.45) is 5.41 Å². The van der Waals surface area contributed by atoms with Crippen LogP contribution in [0, 0.1) is 5.41 Å². The van der Waals surface area contributed by atoms with Crippen molar-refractivity contribution in [3.8, 4) is 0 Å². The molecule has 66 valence electrons. The first kappa shape index (κ1) is 9.04. The number of Topliss-reactive ketones (excluding diaryl/α,β-unsaturated/α-hetero) is 1. The summed E-state index contributed by atoms with van der Waals surface area (Å²) in [5.41, 5.74) is 0.529. The van der Waals surface area contributed by atoms with Crippen LogP contribution in [0.5, 0.6) is 0 Å². The summed E-state index contributed by atoms with van der Waals surface area (Å²) < 4.78 is 4.92. The molecule has 0 amide bonds. The van der Waals surface area contributed by atoms with Gasteiger partial charge in [0.05, 0.1) is 7.11 Å². The van der Waals surface area contributed by atoms with Gasteiger partial charge >= 0.3 is 0 Å². The van der Waals surface area contributed by atoms with Crippen LogP contribution in [-0.2, 0) is 9.53 Å². The molecule has 0 saturated carbocycles. The van der Waals surface area contributed by atoms with E-state index in [0.29, 0.717) is 11.3 Å². The fourth-order valence-corrected chi connectivity index (χ4v) is 1.20. The van der Waals surface area contributed by atoms with E-state index in [9.17, 15) is 4.79 Å². The second-order valence-corrected chi connectivity index (χ2v) is 3.67. The van der Waals surface area contributed by atoms with E-state index in [1.165, 1.54) is 7.11 Å². The summed E-state index contributed by atoms with van der Waals surface area (Å²) >= 11 is 0. The first-order chi connectivity index (χ1) is 5.49. The summed E-state index contributed by atoms with van der Waals surface area (Å²) in [6.45, 7) is 7.80. The van der Waals surface area contributed by atoms with Crippen molar-refractivity contribution in [3.05, 3.63) is 24.0 Å². The number of hydrogen-bond donors (Lipinski definition) is 0. The third-order valence-electron chi connectivity index (χ3n) is 2.33. The van der Waals surface area contributed by atoms with Crippen molar-refractivity contribution < 1.29 is 9.53 Å². The molecule has 0 radical (unpaired) electrons. The molecule has 1 rings (SSSR count). The van der Waals surface area contributed by atoms with Gasteiger partial charge in [-0.1, -0.05) is 20.4 Å². The number of hydrogen-bond acceptors (Lipinski definition) is 2. The summed E-state index contributed by atoms with van der Waals surface area (Å²) in [5.74, 6) is 0.369. The highest BCUT2D eigenvalue weighted by Gasteiger charge is 2.32. The number of allylic oxidation sites excluding steroid dienone is 2. The van der Waals surface area contributed by atoms with E-state index in [1.807, 2.05) is 19.9 Å². The quantitative estimate of drug-likeness (QED) is 0.557. The Hall–Kier alpha value is -1.05. The second kappa shape index (κ2) is 2.77. The topological polar surface area (TPSA) is 26.3 Å². The molecule has 0 aromatic heterocycles. The lowest BCUT2D eigenvalue weighted by atomic mass is 9.76. The number of methoxy groups -OCH3 is 1. The van der Waals surface area contributed by atoms with Crippen LogP contribution < -0.4 is 0 Å². The molecule has 0 saturated heterocycles. The van der Waals surface area contributed by atoms with E-state index < -0.39 is 0 Å². The van der Waals surface area contributed by atoms with Gasteiger partial charge in [0.2, 0.25) is 5.78 Å². The maximum absolute atomic E-state index is 11.5. The second-order valence-electron chi connectivity index (χ2n) is 3.67. The summed E-state index contributed by atoms with van der Waals surface area (Å²) in [6.07, 6.45) is 2.65. The van der Waals surface area contributed by atoms with Gasteiger partial charge in [0.25, 0.3) is 0 Å². The molecule has 0 aliphatic heterocycles. The lowest BCUT2D eigenvalue weighted by Crippen LogP contribution is -2.26. The maximum atomic E-state index is 11.5. The molecule has 2 nitrogen and oxygen atoms in total. The van der Waals surface area contributed by atoms with E-state index in [-0.39, 0.29) is 11.2 Å². The van der Waals surface area contributed by atoms with Gasteiger partial charge in [-0.2, -0.15) is 0 Å². The van der Waals surface area contributed by atoms with Crippen molar-refractivity contribution >= 4 is 5.78 Å². The summed E-state index contributed by atoms with van der Waals surface area (Å²) in [7, 11) is 1.51. The number of carbonyl (C=O) groups excluding carboxylic acids is 1. The fraction of sp³-hybridized carbons (Fsp3) is 0.500. The maximum Gasteiger partial charge on any atom is 0.223 e. The highest BCUT2D eigenvalue weighted by atomic mass is 16.5. The van der Waals surface area contributed by atoms with Gasteiger partial charge in [-0.25, -0.2) is 0 Å². The zero-order valence-electron chi connectivity index (χ0n) is 7.81. The fourth-order valence-electron chi connectivity index (χ4n) is 1.20. The highest BCUT2D eigenvalue weighted by molar-refractivity contribution is 6.08. The summed E-state index contributed by atoms with van der Waals surface area (Å²) in [5, 5.41) is 0. The lowest BCUT2D eigenvalue weighted by Gasteiger charge is -2.29.